The molecule has 0 bridgehead atoms. The van der Waals surface area contributed by atoms with E-state index in [1.807, 2.05) is 6.07 Å². The fourth-order valence-corrected chi connectivity index (χ4v) is 3.77. The molecule has 0 fully saturated rings. The molecule has 0 aliphatic heterocycles. The number of nitrogens with one attached hydrogen (secondary N) is 1. The number of ether oxygens (including phenoxy) is 1. The minimum atomic E-state index is -3.74. The second-order valence-electron chi connectivity index (χ2n) is 5.64. The lowest BCUT2D eigenvalue weighted by molar-refractivity contribution is -0.138. The van der Waals surface area contributed by atoms with Gasteiger partial charge >= 0.3 is 12.1 Å². The summed E-state index contributed by atoms with van der Waals surface area (Å²) in [6, 6.07) is 15.6. The number of hydrogen-bond acceptors (Lipinski definition) is 5. The number of carbonyl (C=O) groups is 2. The largest absolute Gasteiger partial charge is 0.480 e. The molecule has 2 aromatic rings. The first-order chi connectivity index (χ1) is 12.4. The SMILES string of the molecule is O=C(N[C@H](CS(=O)(=O)Cc1ccccc1)C(=O)O)OCc1ccccc1. The van der Waals surface area contributed by atoms with E-state index < -0.39 is 33.7 Å². The average molecular weight is 377 g/mol. The highest BCUT2D eigenvalue weighted by Crippen LogP contribution is 2.08. The highest BCUT2D eigenvalue weighted by molar-refractivity contribution is 7.90. The van der Waals surface area contributed by atoms with Crippen molar-refractivity contribution >= 4 is 21.9 Å². The van der Waals surface area contributed by atoms with E-state index in [2.05, 4.69) is 5.32 Å². The molecule has 0 aromatic heterocycles. The van der Waals surface area contributed by atoms with Gasteiger partial charge in [0.15, 0.2) is 9.84 Å². The first kappa shape index (κ1) is 19.5. The van der Waals surface area contributed by atoms with Crippen LogP contribution >= 0.6 is 0 Å². The van der Waals surface area contributed by atoms with Crippen LogP contribution < -0.4 is 5.32 Å². The standard InChI is InChI=1S/C18H19NO6S/c20-17(21)16(13-26(23,24)12-15-9-5-2-6-10-15)19-18(22)25-11-14-7-3-1-4-8-14/h1-10,16H,11-13H2,(H,19,22)(H,20,21)/t16-/m1/s1. The number of alkyl carbamates (subject to hydrolysis) is 1. The molecule has 0 saturated carbocycles. The van der Waals surface area contributed by atoms with Crippen molar-refractivity contribution in [3.05, 3.63) is 71.8 Å². The number of hydrogen-bond donors (Lipinski definition) is 2. The Bertz CT molecular complexity index is 836. The van der Waals surface area contributed by atoms with E-state index in [1.165, 1.54) is 0 Å². The Balaban J connectivity index is 1.93. The van der Waals surface area contributed by atoms with Crippen LogP contribution in [-0.4, -0.2) is 37.4 Å². The summed E-state index contributed by atoms with van der Waals surface area (Å²) < 4.78 is 29.4. The number of benzene rings is 2. The lowest BCUT2D eigenvalue weighted by Crippen LogP contribution is -2.45. The topological polar surface area (TPSA) is 110 Å². The Morgan fingerprint density at radius 3 is 2.04 bits per heavy atom. The van der Waals surface area contributed by atoms with Gasteiger partial charge in [0, 0.05) is 0 Å². The molecule has 2 N–H and O–H groups in total. The predicted octanol–water partition coefficient (Wildman–Crippen LogP) is 1.98. The maximum atomic E-state index is 12.2. The summed E-state index contributed by atoms with van der Waals surface area (Å²) in [5, 5.41) is 11.3. The molecule has 0 aliphatic rings. The maximum Gasteiger partial charge on any atom is 0.408 e. The van der Waals surface area contributed by atoms with Gasteiger partial charge in [0.05, 0.1) is 11.5 Å². The van der Waals surface area contributed by atoms with Crippen molar-refractivity contribution in [3.8, 4) is 0 Å². The van der Waals surface area contributed by atoms with Crippen LogP contribution in [0.25, 0.3) is 0 Å². The highest BCUT2D eigenvalue weighted by atomic mass is 32.2. The molecule has 8 heteroatoms. The molecule has 26 heavy (non-hydrogen) atoms. The number of carboxylic acid groups (broad SMARTS) is 1. The summed E-state index contributed by atoms with van der Waals surface area (Å²) >= 11 is 0. The summed E-state index contributed by atoms with van der Waals surface area (Å²) in [5.41, 5.74) is 1.27. The van der Waals surface area contributed by atoms with E-state index in [1.54, 1.807) is 54.6 Å². The van der Waals surface area contributed by atoms with Gasteiger partial charge in [-0.2, -0.15) is 0 Å². The molecule has 0 radical (unpaired) electrons. The van der Waals surface area contributed by atoms with E-state index in [9.17, 15) is 23.1 Å². The zero-order valence-corrected chi connectivity index (χ0v) is 14.7. The van der Waals surface area contributed by atoms with Crippen LogP contribution in [0.4, 0.5) is 4.79 Å². The van der Waals surface area contributed by atoms with Gasteiger partial charge in [-0.3, -0.25) is 0 Å². The summed E-state index contributed by atoms with van der Waals surface area (Å²) in [5.74, 6) is -2.48. The van der Waals surface area contributed by atoms with E-state index >= 15 is 0 Å². The van der Waals surface area contributed by atoms with Gasteiger partial charge in [-0.05, 0) is 11.1 Å². The van der Waals surface area contributed by atoms with Crippen LogP contribution in [0.2, 0.25) is 0 Å². The third-order valence-corrected chi connectivity index (χ3v) is 5.07. The molecule has 2 rings (SSSR count). The number of sulfone groups is 1. The summed E-state index contributed by atoms with van der Waals surface area (Å²) in [7, 11) is -3.74. The number of carbonyl (C=O) groups excluding carboxylic acids is 1. The van der Waals surface area contributed by atoms with E-state index in [4.69, 9.17) is 4.74 Å². The molecule has 1 amide bonds. The molecule has 2 aromatic carbocycles. The van der Waals surface area contributed by atoms with Crippen LogP contribution in [0.5, 0.6) is 0 Å². The fourth-order valence-electron chi connectivity index (χ4n) is 2.22. The number of amides is 1. The van der Waals surface area contributed by atoms with Gasteiger partial charge < -0.3 is 15.2 Å². The molecule has 138 valence electrons. The molecule has 0 unspecified atom stereocenters. The van der Waals surface area contributed by atoms with Crippen molar-refractivity contribution in [2.45, 2.75) is 18.4 Å². The van der Waals surface area contributed by atoms with Crippen molar-refractivity contribution in [2.75, 3.05) is 5.75 Å². The van der Waals surface area contributed by atoms with Crippen LogP contribution in [-0.2, 0) is 31.7 Å². The normalized spacial score (nSPS) is 12.2. The van der Waals surface area contributed by atoms with E-state index in [0.29, 0.717) is 5.56 Å². The quantitative estimate of drug-likeness (QED) is 0.728. The second-order valence-corrected chi connectivity index (χ2v) is 7.75. The minimum Gasteiger partial charge on any atom is -0.480 e. The molecule has 7 nitrogen and oxygen atoms in total. The predicted molar refractivity (Wildman–Crippen MR) is 95.1 cm³/mol. The third-order valence-electron chi connectivity index (χ3n) is 3.45. The average Bonchev–Trinajstić information content (AvgIpc) is 2.60. The van der Waals surface area contributed by atoms with E-state index in [-0.39, 0.29) is 12.4 Å². The zero-order chi connectivity index (χ0) is 19.0. The monoisotopic (exact) mass is 377 g/mol. The molecular formula is C18H19NO6S. The lowest BCUT2D eigenvalue weighted by atomic mass is 10.2. The van der Waals surface area contributed by atoms with Crippen LogP contribution in [0, 0.1) is 0 Å². The Kier molecular flexibility index (Phi) is 6.74. The lowest BCUT2D eigenvalue weighted by Gasteiger charge is -2.15. The first-order valence-electron chi connectivity index (χ1n) is 7.80. The van der Waals surface area contributed by atoms with Crippen LogP contribution in [0.3, 0.4) is 0 Å². The smallest absolute Gasteiger partial charge is 0.408 e. The van der Waals surface area contributed by atoms with Gasteiger partial charge in [-0.25, -0.2) is 18.0 Å². The molecule has 1 atom stereocenters. The second kappa shape index (κ2) is 9.00. The van der Waals surface area contributed by atoms with Crippen molar-refractivity contribution in [1.29, 1.82) is 0 Å². The number of aliphatic carboxylic acids is 1. The van der Waals surface area contributed by atoms with Gasteiger partial charge in [-0.1, -0.05) is 60.7 Å². The van der Waals surface area contributed by atoms with Crippen molar-refractivity contribution in [2.24, 2.45) is 0 Å². The summed E-state index contributed by atoms with van der Waals surface area (Å²) in [6.45, 7) is -0.0459. The van der Waals surface area contributed by atoms with Crippen molar-refractivity contribution in [1.82, 2.24) is 5.32 Å². The Labute approximate surface area is 151 Å². The number of rotatable bonds is 8. The first-order valence-corrected chi connectivity index (χ1v) is 9.62. The Morgan fingerprint density at radius 1 is 0.962 bits per heavy atom. The van der Waals surface area contributed by atoms with Gasteiger partial charge in [0.1, 0.15) is 12.6 Å². The number of carboxylic acids is 1. The Morgan fingerprint density at radius 2 is 1.50 bits per heavy atom. The van der Waals surface area contributed by atoms with Gasteiger partial charge in [-0.15, -0.1) is 0 Å². The van der Waals surface area contributed by atoms with E-state index in [0.717, 1.165) is 5.56 Å². The van der Waals surface area contributed by atoms with Crippen molar-refractivity contribution < 1.29 is 27.9 Å². The molecule has 0 heterocycles. The van der Waals surface area contributed by atoms with Crippen LogP contribution in [0.1, 0.15) is 11.1 Å². The maximum absolute atomic E-state index is 12.2. The third kappa shape index (κ3) is 6.56. The molecular weight excluding hydrogens is 358 g/mol. The minimum absolute atomic E-state index is 0.0459. The summed E-state index contributed by atoms with van der Waals surface area (Å²) in [4.78, 5) is 23.1. The van der Waals surface area contributed by atoms with Crippen LogP contribution in [0.15, 0.2) is 60.7 Å². The summed E-state index contributed by atoms with van der Waals surface area (Å²) in [6.07, 6.45) is -0.990. The molecule has 0 spiro atoms. The molecule has 0 aliphatic carbocycles. The van der Waals surface area contributed by atoms with Gasteiger partial charge in [0.25, 0.3) is 0 Å². The Hall–Kier alpha value is -2.87. The fraction of sp³-hybridized carbons (Fsp3) is 0.222. The molecule has 0 saturated heterocycles. The zero-order valence-electron chi connectivity index (χ0n) is 13.9. The van der Waals surface area contributed by atoms with Crippen molar-refractivity contribution in [3.63, 3.8) is 0 Å². The van der Waals surface area contributed by atoms with Gasteiger partial charge in [0.2, 0.25) is 0 Å². The highest BCUT2D eigenvalue weighted by Gasteiger charge is 2.27.